The van der Waals surface area contributed by atoms with Crippen molar-refractivity contribution in [3.05, 3.63) is 237 Å². The molecule has 7 aromatic carbocycles. The maximum atomic E-state index is 11.3. The van der Waals surface area contributed by atoms with E-state index in [2.05, 4.69) is 44.0 Å². The number of aliphatic hydroxyl groups is 1. The Morgan fingerprint density at radius 2 is 0.757 bits per heavy atom. The molecule has 0 spiro atoms. The summed E-state index contributed by atoms with van der Waals surface area (Å²) in [4.78, 5) is 11.3. The van der Waals surface area contributed by atoms with Crippen molar-refractivity contribution in [2.75, 3.05) is 30.1 Å². The van der Waals surface area contributed by atoms with Gasteiger partial charge in [0, 0.05) is 115 Å². The third-order valence-corrected chi connectivity index (χ3v) is 27.8. The zero-order chi connectivity index (χ0) is 83.9. The Morgan fingerprint density at radius 1 is 0.452 bits per heavy atom. The molecule has 0 aromatic heterocycles. The summed E-state index contributed by atoms with van der Waals surface area (Å²) < 4.78 is 27.5. The van der Waals surface area contributed by atoms with Crippen LogP contribution in [0.15, 0.2) is 127 Å². The molecule has 10 nitrogen and oxygen atoms in total. The van der Waals surface area contributed by atoms with Crippen LogP contribution in [0.5, 0.6) is 0 Å². The number of carbonyl (C=O) groups excluding carboxylic acids is 1. The van der Waals surface area contributed by atoms with E-state index in [1.165, 1.54) is 25.7 Å². The van der Waals surface area contributed by atoms with E-state index in [1.54, 1.807) is 72.8 Å². The van der Waals surface area contributed by atoms with E-state index < -0.39 is 15.5 Å². The molecule has 0 radical (unpaired) electrons. The van der Waals surface area contributed by atoms with Gasteiger partial charge in [-0.05, 0) is 256 Å². The number of hydrogen-bond acceptors (Lipinski definition) is 9. The van der Waals surface area contributed by atoms with Crippen LogP contribution in [0.3, 0.4) is 0 Å². The zero-order valence-corrected chi connectivity index (χ0v) is 79.3. The lowest BCUT2D eigenvalue weighted by Gasteiger charge is -2.30. The molecule has 624 valence electrons. The average molecular weight is 2020 g/mol. The number of nitrogens with zero attached hydrogens (tertiary/aromatic N) is 3. The highest BCUT2D eigenvalue weighted by atomic mass is 79.9. The summed E-state index contributed by atoms with van der Waals surface area (Å²) in [5.41, 5.74) is 10.8. The van der Waals surface area contributed by atoms with Gasteiger partial charge < -0.3 is 15.6 Å². The Hall–Kier alpha value is -2.67. The molecule has 6 aliphatic rings. The van der Waals surface area contributed by atoms with E-state index in [1.807, 2.05) is 60.7 Å². The normalized spacial score (nSPS) is 17.1. The standard InChI is InChI=1S/C13H16Cl2N2.C13H13Cl2N.C13H16Cl2O3S.C12H11Cl2N.C12H14Cl2O.C12H12Cl2O.C8H5Cl2N.C4H8Br2.ClH/c14-9-3-4-11(15)10(7-9)13(8-12(16)17)5-1-2-6-13;14-10-3-4-12(15)11(9-10)13(7-8-16)5-1-2-6-13;1-19(16,17)18-9-13(6-2-3-7-13)11-8-10(14)4-5-12(11)15;3*13-9-3-4-11(14)10(7-9)12(8-15)5-1-2-6-12;9-7-1-2-8(10)6(5-7)3-4-11;5-3-1-2-4-6;/h3-4,7H,1-2,5-6,8H2,(H3,16,17);3-4,9H,1-2,5-7H2;4-5,8H,2-3,6-7,9H2,1H3;3-4,7H,1-2,5-6H2;3-4,7,15H,1-2,5-6,8H2;3-4,7-8H,1-2,5-6H2;1-2,5H,3H2;1-4H2;1H. The molecule has 7 aromatic rings. The van der Waals surface area contributed by atoms with Crippen LogP contribution in [0.4, 0.5) is 0 Å². The molecule has 28 heteroatoms. The van der Waals surface area contributed by atoms with Crippen LogP contribution in [0, 0.1) is 39.4 Å². The number of alkyl halides is 2. The van der Waals surface area contributed by atoms with Gasteiger partial charge in [0.1, 0.15) is 6.29 Å². The number of aliphatic hydroxyl groups excluding tert-OH is 1. The molecule has 0 saturated heterocycles. The van der Waals surface area contributed by atoms with Crippen molar-refractivity contribution in [1.29, 1.82) is 21.2 Å². The van der Waals surface area contributed by atoms with Crippen molar-refractivity contribution in [2.45, 2.75) is 219 Å². The van der Waals surface area contributed by atoms with Crippen LogP contribution in [-0.4, -0.2) is 55.8 Å². The molecule has 0 heterocycles. The fraction of sp³-hybridized carbons (Fsp3) is 0.460. The lowest BCUT2D eigenvalue weighted by atomic mass is 9.76. The average Bonchev–Trinajstić information content (AvgIpc) is 1.76. The van der Waals surface area contributed by atoms with Crippen molar-refractivity contribution in [1.82, 2.24) is 0 Å². The van der Waals surface area contributed by atoms with Crippen LogP contribution in [0.25, 0.3) is 0 Å². The molecule has 0 amide bonds. The first-order chi connectivity index (χ1) is 54.2. The number of amidine groups is 1. The van der Waals surface area contributed by atoms with Crippen molar-refractivity contribution < 1.29 is 22.5 Å². The van der Waals surface area contributed by atoms with Gasteiger partial charge in [0.15, 0.2) is 0 Å². The predicted octanol–water partition coefficient (Wildman–Crippen LogP) is 30.8. The monoisotopic (exact) mass is 2010 g/mol. The Kier molecular flexibility index (Phi) is 44.9. The minimum absolute atomic E-state index is 0. The second-order valence-corrected chi connectivity index (χ2v) is 39.0. The van der Waals surface area contributed by atoms with Gasteiger partial charge in [0.25, 0.3) is 10.1 Å². The number of aldehydes is 1. The van der Waals surface area contributed by atoms with Crippen molar-refractivity contribution in [3.63, 3.8) is 0 Å². The fourth-order valence-corrected chi connectivity index (χ4v) is 20.7. The van der Waals surface area contributed by atoms with E-state index in [0.717, 1.165) is 218 Å². The Bertz CT molecular complexity index is 4560. The van der Waals surface area contributed by atoms with Crippen molar-refractivity contribution >= 4 is 229 Å². The molecule has 6 aliphatic carbocycles. The first-order valence-corrected chi connectivity index (χ1v) is 47.3. The SMILES string of the molecule is BrCCCCBr.CS(=O)(=O)OCC1(c2cc(Cl)ccc2Cl)CCCC1.Cl.N#CC1(c2cc(Cl)ccc2Cl)CCCC1.N#CCC1(c2cc(Cl)ccc2Cl)CCCC1.N#CCc1cc(Cl)ccc1Cl.N=C(N)CC1(c2cc(Cl)ccc2Cl)CCCC1.O=CC1(c2cc(Cl)ccc2Cl)CCCC1.OCC1(c2cc(Cl)ccc2Cl)CCCC1. The number of rotatable bonds is 18. The van der Waals surface area contributed by atoms with Crippen LogP contribution in [0.2, 0.25) is 70.3 Å². The molecule has 13 rings (SSSR count). The minimum Gasteiger partial charge on any atom is -0.395 e. The van der Waals surface area contributed by atoms with E-state index in [4.69, 9.17) is 188 Å². The van der Waals surface area contributed by atoms with Crippen LogP contribution in [-0.2, 0) is 58.0 Å². The topological polar surface area (TPSA) is 202 Å². The Balaban J connectivity index is 0.000000237. The van der Waals surface area contributed by atoms with Gasteiger partial charge in [-0.2, -0.15) is 24.2 Å². The molecule has 0 unspecified atom stereocenters. The number of nitrogens with two attached hydrogens (primary N) is 1. The first kappa shape index (κ1) is 103. The smallest absolute Gasteiger partial charge is 0.264 e. The number of benzene rings is 7. The molecule has 6 saturated carbocycles. The molecular formula is C87H96Br2Cl15N5O5S. The van der Waals surface area contributed by atoms with Gasteiger partial charge in [0.05, 0.1) is 60.8 Å². The quantitative estimate of drug-likeness (QED) is 0.0187. The van der Waals surface area contributed by atoms with Gasteiger partial charge in [-0.1, -0.05) is 271 Å². The van der Waals surface area contributed by atoms with Gasteiger partial charge in [-0.25, -0.2) is 0 Å². The number of carbonyl (C=O) groups is 1. The number of unbranched alkanes of at least 4 members (excludes halogenated alkanes) is 1. The second-order valence-electron chi connectivity index (χ2n) is 29.9. The summed E-state index contributed by atoms with van der Waals surface area (Å²) in [6, 6.07) is 44.4. The third kappa shape index (κ3) is 30.4. The summed E-state index contributed by atoms with van der Waals surface area (Å²) in [7, 11) is -3.46. The predicted molar refractivity (Wildman–Crippen MR) is 496 cm³/mol. The molecule has 115 heavy (non-hydrogen) atoms. The molecule has 6 fully saturated rings. The van der Waals surface area contributed by atoms with Gasteiger partial charge in [-0.15, -0.1) is 12.4 Å². The molecule has 0 bridgehead atoms. The van der Waals surface area contributed by atoms with E-state index in [-0.39, 0.29) is 58.5 Å². The zero-order valence-electron chi connectivity index (χ0n) is 63.9. The lowest BCUT2D eigenvalue weighted by molar-refractivity contribution is -0.112. The summed E-state index contributed by atoms with van der Waals surface area (Å²) in [6.07, 6.45) is 30.9. The van der Waals surface area contributed by atoms with E-state index in [9.17, 15) is 23.6 Å². The number of nitrogens with one attached hydrogen (secondary N) is 1. The number of nitriles is 3. The van der Waals surface area contributed by atoms with E-state index >= 15 is 0 Å². The molecule has 0 atom stereocenters. The highest BCUT2D eigenvalue weighted by Crippen LogP contribution is 2.51. The van der Waals surface area contributed by atoms with Gasteiger partial charge in [-0.3, -0.25) is 9.59 Å². The second kappa shape index (κ2) is 50.2. The highest BCUT2D eigenvalue weighted by Gasteiger charge is 2.43. The number of halogens is 17. The fourth-order valence-electron chi connectivity index (χ4n) is 16.2. The van der Waals surface area contributed by atoms with Crippen LogP contribution >= 0.6 is 207 Å². The van der Waals surface area contributed by atoms with Crippen molar-refractivity contribution in [3.8, 4) is 18.2 Å². The third-order valence-electron chi connectivity index (χ3n) is 22.1. The van der Waals surface area contributed by atoms with Gasteiger partial charge in [0.2, 0.25) is 0 Å². The van der Waals surface area contributed by atoms with Crippen LogP contribution in [0.1, 0.15) is 219 Å². The maximum Gasteiger partial charge on any atom is 0.264 e. The summed E-state index contributed by atoms with van der Waals surface area (Å²) >= 11 is 91.3. The first-order valence-electron chi connectivity index (χ1n) is 37.9. The maximum absolute atomic E-state index is 11.3. The summed E-state index contributed by atoms with van der Waals surface area (Å²) in [5, 5.41) is 55.4. The van der Waals surface area contributed by atoms with Crippen LogP contribution < -0.4 is 5.73 Å². The lowest BCUT2D eigenvalue weighted by Crippen LogP contribution is -2.30. The summed E-state index contributed by atoms with van der Waals surface area (Å²) in [6.45, 7) is 0.291. The minimum atomic E-state index is -3.46. The molecule has 0 aliphatic heterocycles. The van der Waals surface area contributed by atoms with E-state index in [0.29, 0.717) is 74.5 Å². The molecular weight excluding hydrogens is 1920 g/mol. The van der Waals surface area contributed by atoms with Gasteiger partial charge >= 0.3 is 0 Å². The largest absolute Gasteiger partial charge is 0.395 e. The van der Waals surface area contributed by atoms with Crippen molar-refractivity contribution in [2.24, 2.45) is 5.73 Å². The number of hydrogen-bond donors (Lipinski definition) is 3. The highest BCUT2D eigenvalue weighted by molar-refractivity contribution is 9.09. The Labute approximate surface area is 773 Å². The Morgan fingerprint density at radius 3 is 1.11 bits per heavy atom. The summed E-state index contributed by atoms with van der Waals surface area (Å²) in [5.74, 6) is 0.225. The molecule has 4 N–H and O–H groups in total.